The molecule has 0 saturated carbocycles. The van der Waals surface area contributed by atoms with Gasteiger partial charge in [0.25, 0.3) is 0 Å². The van der Waals surface area contributed by atoms with Gasteiger partial charge in [-0.05, 0) is 24.3 Å². The molecule has 1 fully saturated rings. The van der Waals surface area contributed by atoms with Gasteiger partial charge in [-0.2, -0.15) is 0 Å². The number of carbonyl (C=O) groups is 2. The molecule has 1 aromatic carbocycles. The minimum Gasteiger partial charge on any atom is -0.466 e. The van der Waals surface area contributed by atoms with Crippen LogP contribution in [0.15, 0.2) is 51.6 Å². The van der Waals surface area contributed by atoms with Crippen LogP contribution >= 0.6 is 11.8 Å². The number of hydrogen-bond donors (Lipinski definition) is 0. The van der Waals surface area contributed by atoms with Gasteiger partial charge in [-0.1, -0.05) is 48.5 Å². The number of thioether (sulfide) groups is 1. The van der Waals surface area contributed by atoms with E-state index in [1.54, 1.807) is 0 Å². The fraction of sp³-hybridized carbons (Fsp3) is 0.435. The first-order valence-electron chi connectivity index (χ1n) is 10.5. The topological polar surface area (TPSA) is 71.4 Å². The molecule has 0 radical (unpaired) electrons. The van der Waals surface area contributed by atoms with Gasteiger partial charge in [0.1, 0.15) is 0 Å². The van der Waals surface area contributed by atoms with Crippen LogP contribution in [0.1, 0.15) is 36.9 Å². The predicted molar refractivity (Wildman–Crippen MR) is 120 cm³/mol. The van der Waals surface area contributed by atoms with Crippen LogP contribution in [0.3, 0.4) is 0 Å². The summed E-state index contributed by atoms with van der Waals surface area (Å²) >= 11 is 1.50. The van der Waals surface area contributed by atoms with Gasteiger partial charge >= 0.3 is 5.97 Å². The van der Waals surface area contributed by atoms with E-state index in [4.69, 9.17) is 14.5 Å². The number of amides is 1. The molecule has 3 heterocycles. The van der Waals surface area contributed by atoms with Crippen molar-refractivity contribution in [3.63, 3.8) is 0 Å². The maximum Gasteiger partial charge on any atom is 0.338 e. The Morgan fingerprint density at radius 2 is 2.06 bits per heavy atom. The number of hydrogen-bond acceptors (Lipinski definition) is 7. The second-order valence-corrected chi connectivity index (χ2v) is 8.52. The van der Waals surface area contributed by atoms with E-state index in [2.05, 4.69) is 6.07 Å². The molecule has 0 aliphatic carbocycles. The lowest BCUT2D eigenvalue weighted by Crippen LogP contribution is -2.42. The zero-order chi connectivity index (χ0) is 22.0. The number of rotatable bonds is 5. The molecule has 1 unspecified atom stereocenters. The van der Waals surface area contributed by atoms with Gasteiger partial charge in [0.05, 0.1) is 44.1 Å². The number of aliphatic imine (C=N–C) groups is 1. The maximum atomic E-state index is 13.0. The van der Waals surface area contributed by atoms with E-state index in [1.807, 2.05) is 47.3 Å². The highest BCUT2D eigenvalue weighted by Crippen LogP contribution is 2.45. The third-order valence-electron chi connectivity index (χ3n) is 5.68. The van der Waals surface area contributed by atoms with E-state index < -0.39 is 0 Å². The molecular formula is C23H27N3O4S. The maximum absolute atomic E-state index is 13.0. The largest absolute Gasteiger partial charge is 0.466 e. The van der Waals surface area contributed by atoms with Crippen LogP contribution < -0.4 is 0 Å². The van der Waals surface area contributed by atoms with Crippen molar-refractivity contribution in [1.82, 2.24) is 9.80 Å². The third-order valence-corrected chi connectivity index (χ3v) is 6.57. The summed E-state index contributed by atoms with van der Waals surface area (Å²) in [4.78, 5) is 34.5. The number of amidine groups is 1. The van der Waals surface area contributed by atoms with Gasteiger partial charge < -0.3 is 19.3 Å². The lowest BCUT2D eigenvalue weighted by molar-refractivity contribution is -0.136. The first-order chi connectivity index (χ1) is 15.0. The standard InChI is InChI=1S/C23H27N3O4S/c1-4-18-20(22(28)29-3)21(16-7-5-6-15(2)12-16)26-17(14-31-23(26)24-18)13-19(27)25-8-10-30-11-9-25/h5-7,12,14,21H,4,8-11,13H2,1-3H3. The molecule has 4 rings (SSSR count). The van der Waals surface area contributed by atoms with Gasteiger partial charge in [0, 0.05) is 18.8 Å². The highest BCUT2D eigenvalue weighted by Gasteiger charge is 2.41. The molecule has 3 aliphatic rings. The summed E-state index contributed by atoms with van der Waals surface area (Å²) in [7, 11) is 1.40. The van der Waals surface area contributed by atoms with E-state index in [-0.39, 0.29) is 24.3 Å². The van der Waals surface area contributed by atoms with Crippen molar-refractivity contribution in [3.05, 3.63) is 57.8 Å². The Bertz CT molecular complexity index is 979. The lowest BCUT2D eigenvalue weighted by atomic mass is 9.92. The summed E-state index contributed by atoms with van der Waals surface area (Å²) in [6.45, 7) is 6.36. The molecule has 1 aromatic rings. The van der Waals surface area contributed by atoms with Crippen molar-refractivity contribution >= 4 is 28.8 Å². The predicted octanol–water partition coefficient (Wildman–Crippen LogP) is 3.38. The van der Waals surface area contributed by atoms with Crippen molar-refractivity contribution in [2.24, 2.45) is 4.99 Å². The molecule has 3 aliphatic heterocycles. The van der Waals surface area contributed by atoms with E-state index in [0.717, 1.165) is 27.7 Å². The molecule has 7 nitrogen and oxygen atoms in total. The average molecular weight is 442 g/mol. The van der Waals surface area contributed by atoms with Gasteiger partial charge in [-0.25, -0.2) is 9.79 Å². The fourth-order valence-electron chi connectivity index (χ4n) is 4.15. The quantitative estimate of drug-likeness (QED) is 0.653. The number of aryl methyl sites for hydroxylation is 1. The molecule has 1 amide bonds. The molecule has 1 atom stereocenters. The number of carbonyl (C=O) groups excluding carboxylic acids is 2. The molecule has 0 aromatic heterocycles. The van der Waals surface area contributed by atoms with Crippen molar-refractivity contribution in [2.45, 2.75) is 32.7 Å². The second-order valence-electron chi connectivity index (χ2n) is 7.68. The summed E-state index contributed by atoms with van der Waals surface area (Å²) in [6, 6.07) is 7.73. The van der Waals surface area contributed by atoms with Crippen molar-refractivity contribution < 1.29 is 19.1 Å². The van der Waals surface area contributed by atoms with Crippen LogP contribution in [0.5, 0.6) is 0 Å². The first-order valence-corrected chi connectivity index (χ1v) is 11.4. The Balaban J connectivity index is 1.72. The highest BCUT2D eigenvalue weighted by molar-refractivity contribution is 8.16. The van der Waals surface area contributed by atoms with E-state index in [0.29, 0.717) is 38.3 Å². The van der Waals surface area contributed by atoms with Gasteiger partial charge in [0.2, 0.25) is 5.91 Å². The van der Waals surface area contributed by atoms with Crippen LogP contribution in [-0.2, 0) is 19.1 Å². The SMILES string of the molecule is CCC1=C(C(=O)OC)C(c2cccc(C)c2)N2C(CC(=O)N3CCOCC3)=CSC2=N1. The fourth-order valence-corrected chi connectivity index (χ4v) is 5.08. The first kappa shape index (κ1) is 21.6. The molecule has 0 bridgehead atoms. The number of allylic oxidation sites excluding steroid dienone is 1. The zero-order valence-corrected chi connectivity index (χ0v) is 18.9. The Hall–Kier alpha value is -2.58. The number of methoxy groups -OCH3 is 1. The smallest absolute Gasteiger partial charge is 0.338 e. The number of ether oxygens (including phenoxy) is 2. The molecule has 164 valence electrons. The van der Waals surface area contributed by atoms with E-state index in [1.165, 1.54) is 18.9 Å². The zero-order valence-electron chi connectivity index (χ0n) is 18.1. The number of benzene rings is 1. The van der Waals surface area contributed by atoms with Crippen LogP contribution in [0.2, 0.25) is 0 Å². The Labute approximate surface area is 186 Å². The minimum atomic E-state index is -0.387. The summed E-state index contributed by atoms with van der Waals surface area (Å²) in [5.41, 5.74) is 4.19. The highest BCUT2D eigenvalue weighted by atomic mass is 32.2. The Kier molecular flexibility index (Phi) is 6.48. The van der Waals surface area contributed by atoms with Crippen LogP contribution in [0.25, 0.3) is 0 Å². The monoisotopic (exact) mass is 441 g/mol. The molecule has 31 heavy (non-hydrogen) atoms. The molecular weight excluding hydrogens is 414 g/mol. The summed E-state index contributed by atoms with van der Waals surface area (Å²) in [5, 5.41) is 2.77. The van der Waals surface area contributed by atoms with Crippen molar-refractivity contribution in [1.29, 1.82) is 0 Å². The van der Waals surface area contributed by atoms with Gasteiger partial charge in [0.15, 0.2) is 5.17 Å². The number of nitrogens with zero attached hydrogens (tertiary/aromatic N) is 3. The summed E-state index contributed by atoms with van der Waals surface area (Å²) < 4.78 is 10.5. The van der Waals surface area contributed by atoms with Crippen LogP contribution in [0, 0.1) is 6.92 Å². The van der Waals surface area contributed by atoms with Crippen molar-refractivity contribution in [3.8, 4) is 0 Å². The normalized spacial score (nSPS) is 20.9. The van der Waals surface area contributed by atoms with E-state index in [9.17, 15) is 9.59 Å². The van der Waals surface area contributed by atoms with Crippen molar-refractivity contribution in [2.75, 3.05) is 33.4 Å². The average Bonchev–Trinajstić information content (AvgIpc) is 3.19. The molecule has 1 saturated heterocycles. The Morgan fingerprint density at radius 3 is 2.74 bits per heavy atom. The minimum absolute atomic E-state index is 0.0595. The second kappa shape index (κ2) is 9.28. The molecule has 0 N–H and O–H groups in total. The Morgan fingerprint density at radius 1 is 1.29 bits per heavy atom. The number of morpholine rings is 1. The van der Waals surface area contributed by atoms with Crippen LogP contribution in [-0.4, -0.2) is 60.3 Å². The summed E-state index contributed by atoms with van der Waals surface area (Å²) in [5.74, 6) is -0.328. The lowest BCUT2D eigenvalue weighted by Gasteiger charge is -2.37. The number of esters is 1. The summed E-state index contributed by atoms with van der Waals surface area (Å²) in [6.07, 6.45) is 0.872. The number of fused-ring (bicyclic) bond motifs is 1. The molecule has 8 heteroatoms. The molecule has 0 spiro atoms. The van der Waals surface area contributed by atoms with E-state index >= 15 is 0 Å². The van der Waals surface area contributed by atoms with Crippen LogP contribution in [0.4, 0.5) is 0 Å². The van der Waals surface area contributed by atoms with Gasteiger partial charge in [-0.3, -0.25) is 4.79 Å². The third kappa shape index (κ3) is 4.27. The van der Waals surface area contributed by atoms with Gasteiger partial charge in [-0.15, -0.1) is 0 Å².